The van der Waals surface area contributed by atoms with Crippen LogP contribution in [0.1, 0.15) is 78.6 Å². The van der Waals surface area contributed by atoms with Crippen LogP contribution in [0.2, 0.25) is 0 Å². The van der Waals surface area contributed by atoms with Gasteiger partial charge in [0.2, 0.25) is 0 Å². The number of methoxy groups -OCH3 is 1. The predicted molar refractivity (Wildman–Crippen MR) is 136 cm³/mol. The summed E-state index contributed by atoms with van der Waals surface area (Å²) in [7, 11) is 1.40. The first-order valence-electron chi connectivity index (χ1n) is 13.9. The van der Waals surface area contributed by atoms with Gasteiger partial charge in [0.15, 0.2) is 12.6 Å². The molecular formula is C26H52N2O8. The second-order valence-electron chi connectivity index (χ2n) is 10.5. The Morgan fingerprint density at radius 1 is 0.917 bits per heavy atom. The topological polar surface area (TPSA) is 142 Å². The van der Waals surface area contributed by atoms with Gasteiger partial charge in [-0.05, 0) is 26.8 Å². The number of aliphatic hydroxyl groups is 4. The highest BCUT2D eigenvalue weighted by atomic mass is 16.7. The largest absolute Gasteiger partial charge is 0.394 e. The molecule has 0 unspecified atom stereocenters. The minimum absolute atomic E-state index is 0.329. The molecule has 2 fully saturated rings. The molecule has 0 saturated carbocycles. The minimum atomic E-state index is -1.33. The van der Waals surface area contributed by atoms with Gasteiger partial charge < -0.3 is 50.0 Å². The maximum absolute atomic E-state index is 10.8. The quantitative estimate of drug-likeness (QED) is 0.154. The fraction of sp³-hybridized carbons (Fsp3) is 1.00. The van der Waals surface area contributed by atoms with E-state index in [4.69, 9.17) is 18.9 Å². The first-order chi connectivity index (χ1) is 17.3. The van der Waals surface area contributed by atoms with Crippen molar-refractivity contribution in [3.8, 4) is 0 Å². The Labute approximate surface area is 217 Å². The van der Waals surface area contributed by atoms with Crippen molar-refractivity contribution >= 4 is 0 Å². The summed E-state index contributed by atoms with van der Waals surface area (Å²) in [6, 6.07) is 0. The van der Waals surface area contributed by atoms with Gasteiger partial charge in [-0.25, -0.2) is 0 Å². The molecule has 6 N–H and O–H groups in total. The summed E-state index contributed by atoms with van der Waals surface area (Å²) in [5.74, 6) is 0. The van der Waals surface area contributed by atoms with E-state index in [2.05, 4.69) is 17.6 Å². The number of nitrogens with one attached hydrogen (secondary N) is 2. The zero-order chi connectivity index (χ0) is 26.6. The lowest BCUT2D eigenvalue weighted by atomic mass is 9.85. The molecule has 214 valence electrons. The second kappa shape index (κ2) is 16.5. The third-order valence-corrected chi connectivity index (χ3v) is 7.46. The van der Waals surface area contributed by atoms with Crippen LogP contribution in [0.5, 0.6) is 0 Å². The van der Waals surface area contributed by atoms with E-state index in [1.807, 2.05) is 6.92 Å². The van der Waals surface area contributed by atoms with Crippen LogP contribution >= 0.6 is 0 Å². The molecule has 2 heterocycles. The lowest BCUT2D eigenvalue weighted by molar-refractivity contribution is -0.344. The lowest BCUT2D eigenvalue weighted by Crippen LogP contribution is -2.65. The van der Waals surface area contributed by atoms with Crippen LogP contribution in [0.25, 0.3) is 0 Å². The monoisotopic (exact) mass is 520 g/mol. The SMILES string of the molecule is CCCCCCCCCCNCCN[C@@]1(C)C[C@H](O[C@H]2[C@H](OC)O[C@H](CO)[C@@H](O)[C@@H]2O)O[C@@H](C)[C@H]1O. The van der Waals surface area contributed by atoms with Crippen molar-refractivity contribution in [2.75, 3.05) is 33.4 Å². The number of ether oxygens (including phenoxy) is 4. The summed E-state index contributed by atoms with van der Waals surface area (Å²) in [6.45, 7) is 7.94. The molecule has 0 aromatic carbocycles. The Morgan fingerprint density at radius 3 is 2.22 bits per heavy atom. The molecule has 0 radical (unpaired) electrons. The van der Waals surface area contributed by atoms with Crippen molar-refractivity contribution in [3.63, 3.8) is 0 Å². The summed E-state index contributed by atoms with van der Waals surface area (Å²) in [5, 5.41) is 48.0. The summed E-state index contributed by atoms with van der Waals surface area (Å²) in [6.07, 6.45) is 3.09. The first-order valence-corrected chi connectivity index (χ1v) is 13.9. The van der Waals surface area contributed by atoms with Crippen molar-refractivity contribution in [3.05, 3.63) is 0 Å². The predicted octanol–water partition coefficient (Wildman–Crippen LogP) is 1.03. The molecule has 0 amide bonds. The van der Waals surface area contributed by atoms with E-state index in [1.54, 1.807) is 6.92 Å². The van der Waals surface area contributed by atoms with Crippen molar-refractivity contribution < 1.29 is 39.4 Å². The molecule has 2 aliphatic rings. The maximum atomic E-state index is 10.8. The van der Waals surface area contributed by atoms with Crippen molar-refractivity contribution in [1.82, 2.24) is 10.6 Å². The third kappa shape index (κ3) is 9.41. The number of hydrogen-bond donors (Lipinski definition) is 6. The van der Waals surface area contributed by atoms with Gasteiger partial charge in [-0.3, -0.25) is 0 Å². The fourth-order valence-electron chi connectivity index (χ4n) is 5.12. The molecule has 2 saturated heterocycles. The van der Waals surface area contributed by atoms with Gasteiger partial charge in [-0.2, -0.15) is 0 Å². The smallest absolute Gasteiger partial charge is 0.186 e. The highest BCUT2D eigenvalue weighted by molar-refractivity contribution is 4.99. The molecular weight excluding hydrogens is 468 g/mol. The van der Waals surface area contributed by atoms with Crippen LogP contribution in [-0.4, -0.2) is 109 Å². The van der Waals surface area contributed by atoms with E-state index < -0.39 is 61.3 Å². The number of aliphatic hydroxyl groups excluding tert-OH is 4. The molecule has 10 nitrogen and oxygen atoms in total. The fourth-order valence-corrected chi connectivity index (χ4v) is 5.12. The van der Waals surface area contributed by atoms with Gasteiger partial charge in [0.1, 0.15) is 24.4 Å². The normalized spacial score (nSPS) is 37.3. The Kier molecular flexibility index (Phi) is 14.6. The minimum Gasteiger partial charge on any atom is -0.394 e. The molecule has 0 bridgehead atoms. The van der Waals surface area contributed by atoms with E-state index in [9.17, 15) is 20.4 Å². The summed E-state index contributed by atoms with van der Waals surface area (Å²) in [5.41, 5.74) is -0.669. The number of unbranched alkanes of at least 4 members (excludes halogenated alkanes) is 7. The molecule has 0 aromatic heterocycles. The second-order valence-corrected chi connectivity index (χ2v) is 10.5. The van der Waals surface area contributed by atoms with Crippen LogP contribution in [0.15, 0.2) is 0 Å². The molecule has 2 aliphatic heterocycles. The van der Waals surface area contributed by atoms with E-state index in [-0.39, 0.29) is 0 Å². The van der Waals surface area contributed by atoms with Crippen LogP contribution in [0.3, 0.4) is 0 Å². The number of rotatable bonds is 17. The van der Waals surface area contributed by atoms with Crippen molar-refractivity contribution in [2.45, 2.75) is 133 Å². The highest BCUT2D eigenvalue weighted by Crippen LogP contribution is 2.33. The Morgan fingerprint density at radius 2 is 1.58 bits per heavy atom. The van der Waals surface area contributed by atoms with Gasteiger partial charge in [-0.15, -0.1) is 0 Å². The molecule has 9 atom stereocenters. The van der Waals surface area contributed by atoms with Gasteiger partial charge >= 0.3 is 0 Å². The third-order valence-electron chi connectivity index (χ3n) is 7.46. The average molecular weight is 521 g/mol. The first kappa shape index (κ1) is 31.8. The molecule has 36 heavy (non-hydrogen) atoms. The van der Waals surface area contributed by atoms with E-state index in [0.29, 0.717) is 13.0 Å². The Hall–Kier alpha value is -0.400. The summed E-state index contributed by atoms with van der Waals surface area (Å²) < 4.78 is 22.7. The summed E-state index contributed by atoms with van der Waals surface area (Å²) in [4.78, 5) is 0. The molecule has 10 heteroatoms. The lowest BCUT2D eigenvalue weighted by Gasteiger charge is -2.48. The summed E-state index contributed by atoms with van der Waals surface area (Å²) >= 11 is 0. The van der Waals surface area contributed by atoms with Crippen molar-refractivity contribution in [1.29, 1.82) is 0 Å². The zero-order valence-electron chi connectivity index (χ0n) is 22.7. The molecule has 0 aliphatic carbocycles. The van der Waals surface area contributed by atoms with Crippen LogP contribution in [-0.2, 0) is 18.9 Å². The Balaban J connectivity index is 1.75. The zero-order valence-corrected chi connectivity index (χ0v) is 22.7. The molecule has 0 spiro atoms. The standard InChI is InChI=1S/C26H52N2O8/c1-5-6-7-8-9-10-11-12-13-27-14-15-28-26(3)16-20(34-18(2)24(26)32)36-23-22(31)21(30)19(17-29)35-25(23)33-4/h18-25,27-32H,5-17H2,1-4H3/t18-,19+,20-,21+,22-,23+,24+,25+,26-/m0/s1. The molecule has 2 rings (SSSR count). The van der Waals surface area contributed by atoms with E-state index in [0.717, 1.165) is 13.1 Å². The van der Waals surface area contributed by atoms with Gasteiger partial charge in [-0.1, -0.05) is 51.9 Å². The van der Waals surface area contributed by atoms with E-state index in [1.165, 1.54) is 58.5 Å². The van der Waals surface area contributed by atoms with E-state index >= 15 is 0 Å². The average Bonchev–Trinajstić information content (AvgIpc) is 2.86. The van der Waals surface area contributed by atoms with Crippen LogP contribution < -0.4 is 10.6 Å². The highest BCUT2D eigenvalue weighted by Gasteiger charge is 2.50. The maximum Gasteiger partial charge on any atom is 0.186 e. The van der Waals surface area contributed by atoms with Gasteiger partial charge in [0, 0.05) is 32.2 Å². The van der Waals surface area contributed by atoms with Gasteiger partial charge in [0.25, 0.3) is 0 Å². The van der Waals surface area contributed by atoms with Crippen molar-refractivity contribution in [2.24, 2.45) is 0 Å². The van der Waals surface area contributed by atoms with Crippen LogP contribution in [0.4, 0.5) is 0 Å². The van der Waals surface area contributed by atoms with Gasteiger partial charge in [0.05, 0.1) is 18.8 Å². The Bertz CT molecular complexity index is 586. The number of hydrogen-bond acceptors (Lipinski definition) is 10. The van der Waals surface area contributed by atoms with Crippen LogP contribution in [0, 0.1) is 0 Å². The molecule has 0 aromatic rings.